The molecule has 0 aromatic carbocycles. The van der Waals surface area contributed by atoms with E-state index in [-0.39, 0.29) is 6.10 Å². The fourth-order valence-electron chi connectivity index (χ4n) is 1.61. The van der Waals surface area contributed by atoms with Gasteiger partial charge >= 0.3 is 0 Å². The van der Waals surface area contributed by atoms with Crippen LogP contribution >= 0.6 is 0 Å². The van der Waals surface area contributed by atoms with E-state index in [0.717, 1.165) is 0 Å². The second-order valence-electron chi connectivity index (χ2n) is 4.02. The molecule has 0 N–H and O–H groups in total. The number of rotatable bonds is 3. The van der Waals surface area contributed by atoms with Crippen LogP contribution in [0.25, 0.3) is 0 Å². The number of hydrogen-bond acceptors (Lipinski definition) is 4. The monoisotopic (exact) mass is 206 g/mol. The van der Waals surface area contributed by atoms with E-state index in [4.69, 9.17) is 18.9 Å². The summed E-state index contributed by atoms with van der Waals surface area (Å²) in [5.74, 6) is -0.787. The zero-order chi connectivity index (χ0) is 10.3. The molecule has 4 nitrogen and oxygen atoms in total. The molecule has 2 rings (SSSR count). The first-order valence-corrected chi connectivity index (χ1v) is 4.67. The van der Waals surface area contributed by atoms with Crippen molar-refractivity contribution in [1.82, 2.24) is 0 Å². The molecule has 0 amide bonds. The highest BCUT2D eigenvalue weighted by Gasteiger charge is 2.51. The molecule has 2 saturated heterocycles. The van der Waals surface area contributed by atoms with Crippen LogP contribution in [0.5, 0.6) is 0 Å². The maximum Gasteiger partial charge on any atom is 0.189 e. The molecular formula is C9H15FO4. The molecule has 2 heterocycles. The summed E-state index contributed by atoms with van der Waals surface area (Å²) in [6.45, 7) is 3.93. The summed E-state index contributed by atoms with van der Waals surface area (Å²) in [6, 6.07) is 0. The highest BCUT2D eigenvalue weighted by atomic mass is 19.1. The van der Waals surface area contributed by atoms with Gasteiger partial charge in [-0.15, -0.1) is 0 Å². The van der Waals surface area contributed by atoms with Crippen LogP contribution in [0.3, 0.4) is 0 Å². The molecule has 5 heteroatoms. The molecule has 2 aliphatic heterocycles. The van der Waals surface area contributed by atoms with Gasteiger partial charge in [-0.25, -0.2) is 4.39 Å². The molecule has 2 aliphatic rings. The molecule has 0 saturated carbocycles. The van der Waals surface area contributed by atoms with Crippen molar-refractivity contribution in [2.45, 2.75) is 44.3 Å². The van der Waals surface area contributed by atoms with Crippen LogP contribution in [0.4, 0.5) is 4.39 Å². The maximum absolute atomic E-state index is 13.7. The van der Waals surface area contributed by atoms with Crippen molar-refractivity contribution in [1.29, 1.82) is 0 Å². The Morgan fingerprint density at radius 3 is 2.57 bits per heavy atom. The first-order valence-electron chi connectivity index (χ1n) is 4.67. The Labute approximate surface area is 82.3 Å². The van der Waals surface area contributed by atoms with Gasteiger partial charge in [0.15, 0.2) is 18.2 Å². The molecule has 0 aromatic heterocycles. The Hall–Kier alpha value is -0.230. The summed E-state index contributed by atoms with van der Waals surface area (Å²) in [6.07, 6.45) is -2.87. The van der Waals surface area contributed by atoms with E-state index in [2.05, 4.69) is 0 Å². The minimum Gasteiger partial charge on any atom is -0.370 e. The Balaban J connectivity index is 2.02. The molecule has 0 spiro atoms. The quantitative estimate of drug-likeness (QED) is 0.642. The summed E-state index contributed by atoms with van der Waals surface area (Å²) in [4.78, 5) is 0. The maximum atomic E-state index is 13.7. The third kappa shape index (κ3) is 1.91. The standard InChI is InChI=1S/C9H15FO4/c1-9(2)13-7(8(11-3)14-9)6(10)5-4-12-5/h5-8H,4H2,1-3H3/t5?,6?,7-,8-/m1/s1. The zero-order valence-electron chi connectivity index (χ0n) is 8.53. The molecule has 82 valence electrons. The summed E-state index contributed by atoms with van der Waals surface area (Å²) >= 11 is 0. The van der Waals surface area contributed by atoms with E-state index >= 15 is 0 Å². The Bertz CT molecular complexity index is 217. The lowest BCUT2D eigenvalue weighted by Gasteiger charge is -2.18. The van der Waals surface area contributed by atoms with Crippen LogP contribution in [0.2, 0.25) is 0 Å². The largest absolute Gasteiger partial charge is 0.370 e. The van der Waals surface area contributed by atoms with Gasteiger partial charge in [-0.3, -0.25) is 0 Å². The van der Waals surface area contributed by atoms with Crippen molar-refractivity contribution < 1.29 is 23.3 Å². The molecule has 14 heavy (non-hydrogen) atoms. The Morgan fingerprint density at radius 1 is 1.43 bits per heavy atom. The normalized spacial score (nSPS) is 42.4. The molecule has 2 fully saturated rings. The number of methoxy groups -OCH3 is 1. The minimum atomic E-state index is -1.18. The second-order valence-corrected chi connectivity index (χ2v) is 4.02. The van der Waals surface area contributed by atoms with E-state index in [9.17, 15) is 4.39 Å². The van der Waals surface area contributed by atoms with Crippen molar-refractivity contribution in [2.24, 2.45) is 0 Å². The van der Waals surface area contributed by atoms with Crippen LogP contribution in [-0.2, 0) is 18.9 Å². The molecule has 2 unspecified atom stereocenters. The van der Waals surface area contributed by atoms with Gasteiger partial charge in [0.1, 0.15) is 12.2 Å². The smallest absolute Gasteiger partial charge is 0.189 e. The first kappa shape index (κ1) is 10.3. The molecular weight excluding hydrogens is 191 g/mol. The van der Waals surface area contributed by atoms with Crippen molar-refractivity contribution in [3.63, 3.8) is 0 Å². The van der Waals surface area contributed by atoms with Gasteiger partial charge in [0.2, 0.25) is 0 Å². The summed E-state index contributed by atoms with van der Waals surface area (Å²) in [5, 5.41) is 0. The van der Waals surface area contributed by atoms with Crippen LogP contribution in [-0.4, -0.2) is 44.2 Å². The van der Waals surface area contributed by atoms with Crippen LogP contribution in [0.1, 0.15) is 13.8 Å². The van der Waals surface area contributed by atoms with Crippen LogP contribution in [0, 0.1) is 0 Å². The highest BCUT2D eigenvalue weighted by molar-refractivity contribution is 4.90. The molecule has 0 aliphatic carbocycles. The lowest BCUT2D eigenvalue weighted by Crippen LogP contribution is -2.37. The predicted octanol–water partition coefficient (Wildman–Crippen LogP) is 0.847. The summed E-state index contributed by atoms with van der Waals surface area (Å²) in [7, 11) is 1.48. The van der Waals surface area contributed by atoms with Crippen LogP contribution in [0.15, 0.2) is 0 Å². The van der Waals surface area contributed by atoms with Gasteiger partial charge < -0.3 is 18.9 Å². The Morgan fingerprint density at radius 2 is 2.07 bits per heavy atom. The molecule has 0 radical (unpaired) electrons. The summed E-state index contributed by atoms with van der Waals surface area (Å²) < 4.78 is 34.3. The van der Waals surface area contributed by atoms with Gasteiger partial charge in [-0.2, -0.15) is 0 Å². The lowest BCUT2D eigenvalue weighted by atomic mass is 10.1. The van der Waals surface area contributed by atoms with Crippen molar-refractivity contribution in [3.05, 3.63) is 0 Å². The first-order chi connectivity index (χ1) is 6.53. The van der Waals surface area contributed by atoms with E-state index in [0.29, 0.717) is 6.61 Å². The van der Waals surface area contributed by atoms with Crippen molar-refractivity contribution >= 4 is 0 Å². The number of epoxide rings is 1. The van der Waals surface area contributed by atoms with E-state index in [1.165, 1.54) is 7.11 Å². The third-order valence-electron chi connectivity index (χ3n) is 2.35. The Kier molecular flexibility index (Phi) is 2.51. The number of hydrogen-bond donors (Lipinski definition) is 0. The third-order valence-corrected chi connectivity index (χ3v) is 2.35. The minimum absolute atomic E-state index is 0.352. The predicted molar refractivity (Wildman–Crippen MR) is 45.5 cm³/mol. The number of alkyl halides is 1. The average molecular weight is 206 g/mol. The number of halogens is 1. The SMILES string of the molecule is CO[C@@H]1OC(C)(C)O[C@@H]1C(F)C1CO1. The summed E-state index contributed by atoms with van der Waals surface area (Å²) in [5.41, 5.74) is 0. The fraction of sp³-hybridized carbons (Fsp3) is 1.00. The van der Waals surface area contributed by atoms with Gasteiger partial charge in [0.05, 0.1) is 6.61 Å². The van der Waals surface area contributed by atoms with Gasteiger partial charge in [-0.1, -0.05) is 0 Å². The van der Waals surface area contributed by atoms with Gasteiger partial charge in [-0.05, 0) is 13.8 Å². The topological polar surface area (TPSA) is 40.2 Å². The van der Waals surface area contributed by atoms with E-state index in [1.54, 1.807) is 13.8 Å². The zero-order valence-corrected chi connectivity index (χ0v) is 8.53. The van der Waals surface area contributed by atoms with Gasteiger partial charge in [0, 0.05) is 7.11 Å². The van der Waals surface area contributed by atoms with E-state index < -0.39 is 24.4 Å². The number of ether oxygens (including phenoxy) is 4. The second kappa shape index (κ2) is 3.41. The molecule has 4 atom stereocenters. The lowest BCUT2D eigenvalue weighted by molar-refractivity contribution is -0.182. The van der Waals surface area contributed by atoms with Gasteiger partial charge in [0.25, 0.3) is 0 Å². The van der Waals surface area contributed by atoms with Crippen molar-refractivity contribution in [3.8, 4) is 0 Å². The van der Waals surface area contributed by atoms with E-state index in [1.807, 2.05) is 0 Å². The molecule has 0 bridgehead atoms. The van der Waals surface area contributed by atoms with Crippen molar-refractivity contribution in [2.75, 3.05) is 13.7 Å². The van der Waals surface area contributed by atoms with Crippen LogP contribution < -0.4 is 0 Å². The molecule has 0 aromatic rings. The fourth-order valence-corrected chi connectivity index (χ4v) is 1.61. The average Bonchev–Trinajstić information content (AvgIpc) is 2.89. The highest BCUT2D eigenvalue weighted by Crippen LogP contribution is 2.34.